The van der Waals surface area contributed by atoms with Crippen LogP contribution in [0, 0.1) is 20.2 Å². The maximum absolute atomic E-state index is 11.7. The number of nitrogens with zero attached hydrogens (tertiary/aromatic N) is 2. The molecule has 9 nitrogen and oxygen atoms in total. The number of hydrogen-bond donors (Lipinski definition) is 1. The number of rotatable bonds is 6. The second-order valence-corrected chi connectivity index (χ2v) is 4.70. The molecule has 2 aromatic carbocycles. The van der Waals surface area contributed by atoms with Crippen LogP contribution in [-0.2, 0) is 17.9 Å². The molecule has 2 rings (SSSR count). The summed E-state index contributed by atoms with van der Waals surface area (Å²) in [4.78, 5) is 32.3. The third kappa shape index (κ3) is 4.26. The van der Waals surface area contributed by atoms with Crippen LogP contribution in [0.15, 0.2) is 48.5 Å². The van der Waals surface area contributed by atoms with E-state index in [4.69, 9.17) is 4.74 Å². The number of ether oxygens (including phenoxy) is 1. The summed E-state index contributed by atoms with van der Waals surface area (Å²) in [5, 5.41) is 24.1. The van der Waals surface area contributed by atoms with Gasteiger partial charge >= 0.3 is 6.09 Å². The maximum Gasteiger partial charge on any atom is 0.407 e. The first-order chi connectivity index (χ1) is 11.5. The second-order valence-electron chi connectivity index (χ2n) is 4.70. The van der Waals surface area contributed by atoms with Gasteiger partial charge in [-0.15, -0.1) is 0 Å². The van der Waals surface area contributed by atoms with Crippen LogP contribution in [-0.4, -0.2) is 15.9 Å². The monoisotopic (exact) mass is 331 g/mol. The summed E-state index contributed by atoms with van der Waals surface area (Å²) in [5.41, 5.74) is 0.314. The number of para-hydroxylation sites is 2. The van der Waals surface area contributed by atoms with Gasteiger partial charge < -0.3 is 10.1 Å². The van der Waals surface area contributed by atoms with E-state index in [0.717, 1.165) is 0 Å². The van der Waals surface area contributed by atoms with Crippen LogP contribution in [0.25, 0.3) is 0 Å². The Balaban J connectivity index is 1.93. The van der Waals surface area contributed by atoms with Crippen molar-refractivity contribution >= 4 is 17.5 Å². The Morgan fingerprint density at radius 1 is 0.917 bits per heavy atom. The van der Waals surface area contributed by atoms with Gasteiger partial charge in [0.25, 0.3) is 11.4 Å². The van der Waals surface area contributed by atoms with Crippen molar-refractivity contribution in [3.8, 4) is 0 Å². The van der Waals surface area contributed by atoms with Gasteiger partial charge in [-0.3, -0.25) is 20.2 Å². The summed E-state index contributed by atoms with van der Waals surface area (Å²) in [6, 6.07) is 11.9. The van der Waals surface area contributed by atoms with Crippen molar-refractivity contribution < 1.29 is 19.4 Å². The summed E-state index contributed by atoms with van der Waals surface area (Å²) in [7, 11) is 0. The molecule has 0 aliphatic carbocycles. The van der Waals surface area contributed by atoms with Crippen molar-refractivity contribution in [1.82, 2.24) is 5.32 Å². The van der Waals surface area contributed by atoms with Crippen molar-refractivity contribution in [1.29, 1.82) is 0 Å². The van der Waals surface area contributed by atoms with Crippen LogP contribution < -0.4 is 5.32 Å². The average molecular weight is 331 g/mol. The molecule has 124 valence electrons. The Kier molecular flexibility index (Phi) is 5.40. The van der Waals surface area contributed by atoms with E-state index in [0.29, 0.717) is 5.56 Å². The Morgan fingerprint density at radius 2 is 1.42 bits per heavy atom. The maximum atomic E-state index is 11.7. The summed E-state index contributed by atoms with van der Waals surface area (Å²) >= 11 is 0. The fourth-order valence-corrected chi connectivity index (χ4v) is 2.01. The molecule has 0 aromatic heterocycles. The van der Waals surface area contributed by atoms with Gasteiger partial charge in [-0.25, -0.2) is 4.79 Å². The van der Waals surface area contributed by atoms with E-state index < -0.39 is 15.9 Å². The predicted molar refractivity (Wildman–Crippen MR) is 83.2 cm³/mol. The largest absolute Gasteiger partial charge is 0.444 e. The molecule has 9 heteroatoms. The van der Waals surface area contributed by atoms with Crippen molar-refractivity contribution in [3.05, 3.63) is 79.9 Å². The van der Waals surface area contributed by atoms with E-state index >= 15 is 0 Å². The summed E-state index contributed by atoms with van der Waals surface area (Å²) < 4.78 is 4.92. The first kappa shape index (κ1) is 16.9. The van der Waals surface area contributed by atoms with Gasteiger partial charge in [-0.05, 0) is 6.07 Å². The molecule has 0 unspecified atom stereocenters. The Bertz CT molecular complexity index is 714. The number of nitro groups is 2. The minimum Gasteiger partial charge on any atom is -0.444 e. The third-order valence-electron chi connectivity index (χ3n) is 3.16. The molecular weight excluding hydrogens is 318 g/mol. The Morgan fingerprint density at radius 3 is 2.00 bits per heavy atom. The fourth-order valence-electron chi connectivity index (χ4n) is 2.01. The molecule has 1 N–H and O–H groups in total. The molecule has 1 amide bonds. The molecule has 24 heavy (non-hydrogen) atoms. The van der Waals surface area contributed by atoms with Gasteiger partial charge in [0, 0.05) is 17.7 Å². The lowest BCUT2D eigenvalue weighted by molar-refractivity contribution is -0.385. The normalized spacial score (nSPS) is 10.0. The first-order valence-electron chi connectivity index (χ1n) is 6.84. The molecule has 0 bridgehead atoms. The van der Waals surface area contributed by atoms with Crippen LogP contribution >= 0.6 is 0 Å². The minimum absolute atomic E-state index is 0.0904. The highest BCUT2D eigenvalue weighted by molar-refractivity contribution is 5.67. The standard InChI is InChI=1S/C15H13N3O6/c19-15(16-9-11-5-1-3-7-13(11)17(20)21)24-10-12-6-2-4-8-14(12)18(22)23/h1-8H,9-10H2,(H,16,19). The number of amides is 1. The third-order valence-corrected chi connectivity index (χ3v) is 3.16. The number of nitro benzene ring substituents is 2. The van der Waals surface area contributed by atoms with Crippen LogP contribution in [0.5, 0.6) is 0 Å². The summed E-state index contributed by atoms with van der Waals surface area (Å²) in [5.74, 6) is 0. The molecule has 2 aromatic rings. The lowest BCUT2D eigenvalue weighted by Gasteiger charge is -2.08. The van der Waals surface area contributed by atoms with Gasteiger partial charge in [0.15, 0.2) is 0 Å². The lowest BCUT2D eigenvalue weighted by Crippen LogP contribution is -2.24. The van der Waals surface area contributed by atoms with E-state index in [9.17, 15) is 25.0 Å². The smallest absolute Gasteiger partial charge is 0.407 e. The number of hydrogen-bond acceptors (Lipinski definition) is 6. The highest BCUT2D eigenvalue weighted by Gasteiger charge is 2.15. The zero-order valence-electron chi connectivity index (χ0n) is 12.4. The number of alkyl carbamates (subject to hydrolysis) is 1. The molecule has 0 atom stereocenters. The van der Waals surface area contributed by atoms with Gasteiger partial charge in [0.2, 0.25) is 0 Å². The van der Waals surface area contributed by atoms with E-state index in [1.807, 2.05) is 0 Å². The van der Waals surface area contributed by atoms with Gasteiger partial charge in [-0.2, -0.15) is 0 Å². The molecule has 0 aliphatic rings. The molecule has 0 spiro atoms. The first-order valence-corrected chi connectivity index (χ1v) is 6.84. The number of benzene rings is 2. The molecule has 0 heterocycles. The average Bonchev–Trinajstić information content (AvgIpc) is 2.58. The number of nitrogens with one attached hydrogen (secondary N) is 1. The predicted octanol–water partition coefficient (Wildman–Crippen LogP) is 2.93. The fraction of sp³-hybridized carbons (Fsp3) is 0.133. The summed E-state index contributed by atoms with van der Waals surface area (Å²) in [6.45, 7) is -0.368. The number of carbonyl (C=O) groups excluding carboxylic acids is 1. The Hall–Kier alpha value is -3.49. The summed E-state index contributed by atoms with van der Waals surface area (Å²) in [6.07, 6.45) is -0.827. The topological polar surface area (TPSA) is 125 Å². The lowest BCUT2D eigenvalue weighted by atomic mass is 10.2. The van der Waals surface area contributed by atoms with Crippen molar-refractivity contribution in [2.24, 2.45) is 0 Å². The van der Waals surface area contributed by atoms with Crippen molar-refractivity contribution in [2.45, 2.75) is 13.2 Å². The van der Waals surface area contributed by atoms with Crippen LogP contribution in [0.1, 0.15) is 11.1 Å². The van der Waals surface area contributed by atoms with E-state index in [1.54, 1.807) is 12.1 Å². The molecule has 0 radical (unpaired) electrons. The molecule has 0 saturated heterocycles. The molecule has 0 aliphatic heterocycles. The highest BCUT2D eigenvalue weighted by Crippen LogP contribution is 2.19. The zero-order valence-corrected chi connectivity index (χ0v) is 12.4. The van der Waals surface area contributed by atoms with Crippen molar-refractivity contribution in [2.75, 3.05) is 0 Å². The minimum atomic E-state index is -0.827. The van der Waals surface area contributed by atoms with E-state index in [-0.39, 0.29) is 30.1 Å². The van der Waals surface area contributed by atoms with Gasteiger partial charge in [0.05, 0.1) is 22.0 Å². The van der Waals surface area contributed by atoms with Crippen LogP contribution in [0.3, 0.4) is 0 Å². The number of carbonyl (C=O) groups is 1. The molecular formula is C15H13N3O6. The second kappa shape index (κ2) is 7.68. The molecule has 0 fully saturated rings. The van der Waals surface area contributed by atoms with Crippen LogP contribution in [0.4, 0.5) is 16.2 Å². The van der Waals surface area contributed by atoms with E-state index in [2.05, 4.69) is 5.32 Å². The quantitative estimate of drug-likeness (QED) is 0.641. The van der Waals surface area contributed by atoms with Crippen molar-refractivity contribution in [3.63, 3.8) is 0 Å². The van der Waals surface area contributed by atoms with E-state index in [1.165, 1.54) is 36.4 Å². The van der Waals surface area contributed by atoms with Gasteiger partial charge in [-0.1, -0.05) is 30.3 Å². The zero-order chi connectivity index (χ0) is 17.5. The molecule has 0 saturated carbocycles. The Labute approximate surface area is 136 Å². The van der Waals surface area contributed by atoms with Gasteiger partial charge in [0.1, 0.15) is 6.61 Å². The highest BCUT2D eigenvalue weighted by atomic mass is 16.6. The SMILES string of the molecule is O=C(NCc1ccccc1[N+](=O)[O-])OCc1ccccc1[N+](=O)[O-]. The van der Waals surface area contributed by atoms with Crippen LogP contribution in [0.2, 0.25) is 0 Å².